The van der Waals surface area contributed by atoms with E-state index in [1.165, 1.54) is 5.56 Å². The minimum Gasteiger partial charge on any atom is -0.484 e. The number of nitrogens with one attached hydrogen (secondary N) is 1. The Kier molecular flexibility index (Phi) is 10.1. The summed E-state index contributed by atoms with van der Waals surface area (Å²) in [5, 5.41) is 3.11. The van der Waals surface area contributed by atoms with E-state index in [4.69, 9.17) is 4.74 Å². The number of hydrogen-bond donors (Lipinski definition) is 1. The average molecular weight is 515 g/mol. The zero-order valence-electron chi connectivity index (χ0n) is 23.7. The molecule has 2 amide bonds. The van der Waals surface area contributed by atoms with Crippen LogP contribution in [0.25, 0.3) is 0 Å². The second-order valence-corrected chi connectivity index (χ2v) is 11.0. The molecule has 0 spiro atoms. The molecule has 0 aromatic heterocycles. The van der Waals surface area contributed by atoms with Crippen molar-refractivity contribution in [2.24, 2.45) is 0 Å². The predicted octanol–water partition coefficient (Wildman–Crippen LogP) is 6.23. The zero-order valence-corrected chi connectivity index (χ0v) is 23.7. The van der Waals surface area contributed by atoms with Crippen LogP contribution in [0.2, 0.25) is 0 Å². The molecule has 3 aromatic carbocycles. The lowest BCUT2D eigenvalue weighted by Crippen LogP contribution is -2.53. The molecule has 0 bridgehead atoms. The van der Waals surface area contributed by atoms with E-state index in [1.807, 2.05) is 99.6 Å². The van der Waals surface area contributed by atoms with Gasteiger partial charge in [-0.25, -0.2) is 0 Å². The standard InChI is InChI=1S/C33H42N2O3/c1-7-25(3)34-32(37)30(21-26-14-9-8-10-15-26)35(22-27-16-12-11-13-24(27)2)31(36)23-38-29-19-17-28(18-20-29)33(4,5)6/h8-20,25,30H,7,21-23H2,1-6H3,(H,34,37)/t25-,30-/m1/s1. The van der Waals surface area contributed by atoms with Crippen molar-refractivity contribution in [2.75, 3.05) is 6.61 Å². The largest absolute Gasteiger partial charge is 0.484 e. The van der Waals surface area contributed by atoms with Gasteiger partial charge in [-0.2, -0.15) is 0 Å². The highest BCUT2D eigenvalue weighted by atomic mass is 16.5. The molecule has 0 fully saturated rings. The fourth-order valence-corrected chi connectivity index (χ4v) is 4.25. The number of benzene rings is 3. The van der Waals surface area contributed by atoms with Crippen molar-refractivity contribution >= 4 is 11.8 Å². The van der Waals surface area contributed by atoms with Crippen LogP contribution >= 0.6 is 0 Å². The Balaban J connectivity index is 1.90. The number of nitrogens with zero attached hydrogens (tertiary/aromatic N) is 1. The molecule has 0 aliphatic heterocycles. The van der Waals surface area contributed by atoms with E-state index < -0.39 is 6.04 Å². The van der Waals surface area contributed by atoms with Crippen LogP contribution in [0.3, 0.4) is 0 Å². The highest BCUT2D eigenvalue weighted by Crippen LogP contribution is 2.24. The van der Waals surface area contributed by atoms with Crippen molar-refractivity contribution in [3.63, 3.8) is 0 Å². The molecule has 0 radical (unpaired) electrons. The lowest BCUT2D eigenvalue weighted by molar-refractivity contribution is -0.143. The van der Waals surface area contributed by atoms with Gasteiger partial charge in [-0.05, 0) is 60.1 Å². The fraction of sp³-hybridized carbons (Fsp3) is 0.394. The topological polar surface area (TPSA) is 58.6 Å². The van der Waals surface area contributed by atoms with Crippen molar-refractivity contribution in [3.05, 3.63) is 101 Å². The van der Waals surface area contributed by atoms with Crippen molar-refractivity contribution in [1.29, 1.82) is 0 Å². The van der Waals surface area contributed by atoms with Crippen molar-refractivity contribution in [1.82, 2.24) is 10.2 Å². The zero-order chi connectivity index (χ0) is 27.7. The van der Waals surface area contributed by atoms with Gasteiger partial charge in [-0.1, -0.05) is 94.4 Å². The number of rotatable bonds is 11. The highest BCUT2D eigenvalue weighted by molar-refractivity contribution is 5.88. The lowest BCUT2D eigenvalue weighted by atomic mass is 9.87. The number of aryl methyl sites for hydroxylation is 1. The van der Waals surface area contributed by atoms with Gasteiger partial charge in [0, 0.05) is 19.0 Å². The maximum Gasteiger partial charge on any atom is 0.261 e. The van der Waals surface area contributed by atoms with Crippen LogP contribution in [0, 0.1) is 6.92 Å². The van der Waals surface area contributed by atoms with Crippen molar-refractivity contribution in [2.45, 2.75) is 78.4 Å². The summed E-state index contributed by atoms with van der Waals surface area (Å²) in [4.78, 5) is 29.0. The summed E-state index contributed by atoms with van der Waals surface area (Å²) in [6.45, 7) is 12.7. The summed E-state index contributed by atoms with van der Waals surface area (Å²) in [6.07, 6.45) is 1.23. The third kappa shape index (κ3) is 8.20. The second kappa shape index (κ2) is 13.3. The molecule has 38 heavy (non-hydrogen) atoms. The predicted molar refractivity (Wildman–Crippen MR) is 154 cm³/mol. The first-order chi connectivity index (χ1) is 18.1. The Labute approximate surface area is 228 Å². The molecule has 3 aromatic rings. The molecule has 202 valence electrons. The SMILES string of the molecule is CC[C@@H](C)NC(=O)[C@@H](Cc1ccccc1)N(Cc1ccccc1C)C(=O)COc1ccc(C(C)(C)C)cc1. The van der Waals surface area contributed by atoms with Gasteiger partial charge in [0.1, 0.15) is 11.8 Å². The Hall–Kier alpha value is -3.60. The van der Waals surface area contributed by atoms with Crippen LogP contribution in [0.4, 0.5) is 0 Å². The van der Waals surface area contributed by atoms with Gasteiger partial charge in [-0.15, -0.1) is 0 Å². The molecular formula is C33H42N2O3. The molecule has 2 atom stereocenters. The van der Waals surface area contributed by atoms with Gasteiger partial charge in [0.15, 0.2) is 6.61 Å². The molecule has 5 nitrogen and oxygen atoms in total. The number of hydrogen-bond acceptors (Lipinski definition) is 3. The molecule has 0 saturated heterocycles. The molecule has 3 rings (SSSR count). The summed E-state index contributed by atoms with van der Waals surface area (Å²) in [7, 11) is 0. The summed E-state index contributed by atoms with van der Waals surface area (Å²) in [5.74, 6) is 0.249. The number of ether oxygens (including phenoxy) is 1. The lowest BCUT2D eigenvalue weighted by Gasteiger charge is -2.32. The number of carbonyl (C=O) groups excluding carboxylic acids is 2. The van der Waals surface area contributed by atoms with Crippen molar-refractivity contribution in [3.8, 4) is 5.75 Å². The summed E-state index contributed by atoms with van der Waals surface area (Å²) < 4.78 is 5.94. The summed E-state index contributed by atoms with van der Waals surface area (Å²) >= 11 is 0. The van der Waals surface area contributed by atoms with Crippen molar-refractivity contribution < 1.29 is 14.3 Å². The van der Waals surface area contributed by atoms with E-state index in [0.29, 0.717) is 18.7 Å². The van der Waals surface area contributed by atoms with Crippen LogP contribution in [-0.2, 0) is 28.0 Å². The van der Waals surface area contributed by atoms with Crippen LogP contribution in [0.5, 0.6) is 5.75 Å². The molecule has 0 saturated carbocycles. The smallest absolute Gasteiger partial charge is 0.261 e. The van der Waals surface area contributed by atoms with Gasteiger partial charge in [0.05, 0.1) is 0 Å². The molecule has 0 aliphatic carbocycles. The Bertz CT molecular complexity index is 1180. The first kappa shape index (κ1) is 29.0. The fourth-order valence-electron chi connectivity index (χ4n) is 4.25. The maximum absolute atomic E-state index is 13.8. The normalized spacial score (nSPS) is 12.9. The van der Waals surface area contributed by atoms with E-state index >= 15 is 0 Å². The van der Waals surface area contributed by atoms with Gasteiger partial charge in [0.25, 0.3) is 5.91 Å². The van der Waals surface area contributed by atoms with E-state index in [0.717, 1.165) is 23.1 Å². The van der Waals surface area contributed by atoms with Crippen LogP contribution in [0.15, 0.2) is 78.9 Å². The number of amides is 2. The summed E-state index contributed by atoms with van der Waals surface area (Å²) in [5.41, 5.74) is 4.31. The minimum absolute atomic E-state index is 0.00812. The summed E-state index contributed by atoms with van der Waals surface area (Å²) in [6, 6.07) is 25.0. The second-order valence-electron chi connectivity index (χ2n) is 11.0. The number of carbonyl (C=O) groups is 2. The molecule has 5 heteroatoms. The molecule has 0 unspecified atom stereocenters. The van der Waals surface area contributed by atoms with Gasteiger partial charge in [0.2, 0.25) is 5.91 Å². The van der Waals surface area contributed by atoms with E-state index in [9.17, 15) is 9.59 Å². The Morgan fingerprint density at radius 3 is 2.16 bits per heavy atom. The monoisotopic (exact) mass is 514 g/mol. The maximum atomic E-state index is 13.8. The molecule has 1 N–H and O–H groups in total. The first-order valence-corrected chi connectivity index (χ1v) is 13.5. The van der Waals surface area contributed by atoms with Crippen LogP contribution in [0.1, 0.15) is 63.3 Å². The van der Waals surface area contributed by atoms with Gasteiger partial charge in [-0.3, -0.25) is 9.59 Å². The molecular weight excluding hydrogens is 472 g/mol. The van der Waals surface area contributed by atoms with E-state index in [-0.39, 0.29) is 29.9 Å². The Morgan fingerprint density at radius 2 is 1.55 bits per heavy atom. The van der Waals surface area contributed by atoms with E-state index in [2.05, 4.69) is 26.1 Å². The van der Waals surface area contributed by atoms with Crippen LogP contribution in [-0.4, -0.2) is 35.4 Å². The highest BCUT2D eigenvalue weighted by Gasteiger charge is 2.31. The average Bonchev–Trinajstić information content (AvgIpc) is 2.90. The van der Waals surface area contributed by atoms with Gasteiger partial charge < -0.3 is 15.0 Å². The molecule has 0 heterocycles. The third-order valence-corrected chi connectivity index (χ3v) is 6.96. The Morgan fingerprint density at radius 1 is 0.921 bits per heavy atom. The third-order valence-electron chi connectivity index (χ3n) is 6.96. The van der Waals surface area contributed by atoms with Gasteiger partial charge >= 0.3 is 0 Å². The van der Waals surface area contributed by atoms with E-state index in [1.54, 1.807) is 4.90 Å². The van der Waals surface area contributed by atoms with Crippen LogP contribution < -0.4 is 10.1 Å². The molecule has 0 aliphatic rings. The quantitative estimate of drug-likeness (QED) is 0.330. The minimum atomic E-state index is -0.676. The first-order valence-electron chi connectivity index (χ1n) is 13.5.